The number of aromatic amines is 2. The van der Waals surface area contributed by atoms with E-state index in [1.165, 1.54) is 0 Å². The van der Waals surface area contributed by atoms with Gasteiger partial charge < -0.3 is 0 Å². The van der Waals surface area contributed by atoms with Crippen molar-refractivity contribution in [3.63, 3.8) is 0 Å². The van der Waals surface area contributed by atoms with E-state index in [0.717, 1.165) is 11.1 Å². The Balaban J connectivity index is 2.01. The van der Waals surface area contributed by atoms with Crippen molar-refractivity contribution in [2.24, 2.45) is 0 Å². The molecule has 0 aliphatic heterocycles. The molecule has 0 amide bonds. The third kappa shape index (κ3) is 1.54. The first-order chi connectivity index (χ1) is 11.8. The second-order valence-electron chi connectivity index (χ2n) is 5.62. The summed E-state index contributed by atoms with van der Waals surface area (Å²) in [5.41, 5.74) is 3.98. The van der Waals surface area contributed by atoms with E-state index in [9.17, 15) is 9.59 Å². The molecule has 0 unspecified atom stereocenters. The summed E-state index contributed by atoms with van der Waals surface area (Å²) in [7, 11) is 0. The maximum Gasteiger partial charge on any atom is 0.274 e. The summed E-state index contributed by atoms with van der Waals surface area (Å²) in [5, 5.41) is 5.75. The van der Waals surface area contributed by atoms with Crippen LogP contribution in [-0.2, 0) is 0 Å². The van der Waals surface area contributed by atoms with Gasteiger partial charge in [0.15, 0.2) is 11.4 Å². The predicted molar refractivity (Wildman–Crippen MR) is 88.8 cm³/mol. The average molecular weight is 314 g/mol. The van der Waals surface area contributed by atoms with Crippen LogP contribution in [0.4, 0.5) is 0 Å². The van der Waals surface area contributed by atoms with Crippen molar-refractivity contribution in [1.82, 2.24) is 20.2 Å². The Kier molecular flexibility index (Phi) is 2.42. The molecular formula is C18H10N4O2. The standard InChI is InChI=1S/C18H10N4O2/c23-16-11-4-2-1-3-10(11)15-13(16)12(9-5-7-19-8-6-9)14-17(20-15)21-22-18(14)24/h1-8H,(H2,20,21,22,24). The quantitative estimate of drug-likeness (QED) is 0.497. The lowest BCUT2D eigenvalue weighted by Crippen LogP contribution is -2.05. The molecule has 114 valence electrons. The van der Waals surface area contributed by atoms with Gasteiger partial charge >= 0.3 is 0 Å². The van der Waals surface area contributed by atoms with Crippen molar-refractivity contribution in [3.05, 3.63) is 70.3 Å². The molecule has 0 spiro atoms. The van der Waals surface area contributed by atoms with Gasteiger partial charge in [0.1, 0.15) is 0 Å². The molecule has 6 nitrogen and oxygen atoms in total. The molecule has 1 aliphatic carbocycles. The number of hydrogen-bond donors (Lipinski definition) is 2. The van der Waals surface area contributed by atoms with Crippen molar-refractivity contribution >= 4 is 16.8 Å². The van der Waals surface area contributed by atoms with E-state index in [0.29, 0.717) is 33.4 Å². The molecule has 0 fully saturated rings. The minimum atomic E-state index is -0.295. The first-order valence-electron chi connectivity index (χ1n) is 7.44. The molecule has 1 aliphatic rings. The van der Waals surface area contributed by atoms with E-state index in [-0.39, 0.29) is 11.3 Å². The molecule has 0 bridgehead atoms. The highest BCUT2D eigenvalue weighted by molar-refractivity contribution is 6.26. The number of aromatic nitrogens is 4. The summed E-state index contributed by atoms with van der Waals surface area (Å²) in [6, 6.07) is 10.9. The summed E-state index contributed by atoms with van der Waals surface area (Å²) < 4.78 is 0. The third-order valence-corrected chi connectivity index (χ3v) is 4.34. The number of H-pyrrole nitrogens is 2. The minimum Gasteiger partial charge on any atom is -0.288 e. The fourth-order valence-electron chi connectivity index (χ4n) is 3.32. The highest BCUT2D eigenvalue weighted by Gasteiger charge is 2.33. The van der Waals surface area contributed by atoms with Gasteiger partial charge in [-0.15, -0.1) is 0 Å². The first-order valence-corrected chi connectivity index (χ1v) is 7.44. The third-order valence-electron chi connectivity index (χ3n) is 4.34. The molecule has 4 aromatic rings. The van der Waals surface area contributed by atoms with Crippen LogP contribution < -0.4 is 5.56 Å². The summed E-state index contributed by atoms with van der Waals surface area (Å²) >= 11 is 0. The number of nitrogens with one attached hydrogen (secondary N) is 2. The molecule has 24 heavy (non-hydrogen) atoms. The van der Waals surface area contributed by atoms with Gasteiger partial charge in [0.25, 0.3) is 5.56 Å². The highest BCUT2D eigenvalue weighted by atomic mass is 16.1. The van der Waals surface area contributed by atoms with Crippen LogP contribution in [0.25, 0.3) is 33.4 Å². The van der Waals surface area contributed by atoms with Crippen LogP contribution in [0.3, 0.4) is 0 Å². The monoisotopic (exact) mass is 314 g/mol. The molecule has 0 saturated heterocycles. The molecule has 6 heteroatoms. The van der Waals surface area contributed by atoms with Gasteiger partial charge in [-0.25, -0.2) is 4.98 Å². The van der Waals surface area contributed by atoms with E-state index in [1.54, 1.807) is 30.6 Å². The van der Waals surface area contributed by atoms with Crippen molar-refractivity contribution in [1.29, 1.82) is 0 Å². The zero-order valence-corrected chi connectivity index (χ0v) is 12.3. The fourth-order valence-corrected chi connectivity index (χ4v) is 3.32. The van der Waals surface area contributed by atoms with Crippen LogP contribution in [0.2, 0.25) is 0 Å². The highest BCUT2D eigenvalue weighted by Crippen LogP contribution is 2.42. The Bertz CT molecular complexity index is 1190. The Morgan fingerprint density at radius 3 is 2.38 bits per heavy atom. The van der Waals surface area contributed by atoms with Crippen LogP contribution in [0.15, 0.2) is 53.6 Å². The Labute approximate surface area is 135 Å². The van der Waals surface area contributed by atoms with Crippen molar-refractivity contribution in [3.8, 4) is 22.4 Å². The Morgan fingerprint density at radius 2 is 1.58 bits per heavy atom. The molecular weight excluding hydrogens is 304 g/mol. The molecule has 2 N–H and O–H groups in total. The number of carbonyl (C=O) groups excluding carboxylic acids is 1. The second-order valence-corrected chi connectivity index (χ2v) is 5.62. The van der Waals surface area contributed by atoms with Crippen molar-refractivity contribution < 1.29 is 4.79 Å². The number of nitrogens with zero attached hydrogens (tertiary/aromatic N) is 2. The second kappa shape index (κ2) is 4.48. The van der Waals surface area contributed by atoms with Crippen molar-refractivity contribution in [2.75, 3.05) is 0 Å². The van der Waals surface area contributed by atoms with Crippen LogP contribution in [0.5, 0.6) is 0 Å². The van der Waals surface area contributed by atoms with E-state index in [1.807, 2.05) is 18.2 Å². The molecule has 0 saturated carbocycles. The van der Waals surface area contributed by atoms with Gasteiger partial charge in [-0.3, -0.25) is 24.8 Å². The number of fused-ring (bicyclic) bond motifs is 4. The van der Waals surface area contributed by atoms with Crippen molar-refractivity contribution in [2.45, 2.75) is 0 Å². The van der Waals surface area contributed by atoms with Gasteiger partial charge in [-0.1, -0.05) is 24.3 Å². The largest absolute Gasteiger partial charge is 0.288 e. The summed E-state index contributed by atoms with van der Waals surface area (Å²) in [6.45, 7) is 0. The summed E-state index contributed by atoms with van der Waals surface area (Å²) in [6.07, 6.45) is 3.28. The summed E-state index contributed by atoms with van der Waals surface area (Å²) in [5.74, 6) is -0.109. The topological polar surface area (TPSA) is 91.5 Å². The number of ketones is 1. The molecule has 1 aromatic carbocycles. The van der Waals surface area contributed by atoms with E-state index >= 15 is 0 Å². The Hall–Kier alpha value is -3.54. The lowest BCUT2D eigenvalue weighted by Gasteiger charge is -2.08. The zero-order valence-electron chi connectivity index (χ0n) is 12.3. The molecule has 5 rings (SSSR count). The van der Waals surface area contributed by atoms with Gasteiger partial charge in [0.05, 0.1) is 16.6 Å². The van der Waals surface area contributed by atoms with Crippen LogP contribution in [0.1, 0.15) is 15.9 Å². The molecule has 3 aromatic heterocycles. The molecule has 0 radical (unpaired) electrons. The van der Waals surface area contributed by atoms with E-state index in [4.69, 9.17) is 0 Å². The number of rotatable bonds is 1. The number of pyridine rings is 2. The molecule has 3 heterocycles. The van der Waals surface area contributed by atoms with Gasteiger partial charge in [-0.2, -0.15) is 0 Å². The number of carbonyl (C=O) groups is 1. The van der Waals surface area contributed by atoms with Gasteiger partial charge in [0.2, 0.25) is 0 Å². The first kappa shape index (κ1) is 13.0. The fraction of sp³-hybridized carbons (Fsp3) is 0. The SMILES string of the molecule is O=C1c2ccccc2-c2nc3[nH][nH]c(=O)c3c(-c3ccncc3)c21. The smallest absolute Gasteiger partial charge is 0.274 e. The molecule has 0 atom stereocenters. The zero-order chi connectivity index (χ0) is 16.3. The predicted octanol–water partition coefficient (Wildman–Crippen LogP) is 2.52. The number of hydrogen-bond acceptors (Lipinski definition) is 4. The maximum atomic E-state index is 13.0. The number of benzene rings is 1. The normalized spacial score (nSPS) is 12.4. The van der Waals surface area contributed by atoms with Crippen LogP contribution in [0, 0.1) is 0 Å². The minimum absolute atomic E-state index is 0.109. The summed E-state index contributed by atoms with van der Waals surface area (Å²) in [4.78, 5) is 33.8. The lowest BCUT2D eigenvalue weighted by molar-refractivity contribution is 0.104. The van der Waals surface area contributed by atoms with Crippen LogP contribution >= 0.6 is 0 Å². The van der Waals surface area contributed by atoms with E-state index < -0.39 is 0 Å². The lowest BCUT2D eigenvalue weighted by atomic mass is 9.96. The average Bonchev–Trinajstić information content (AvgIpc) is 3.14. The van der Waals surface area contributed by atoms with Crippen LogP contribution in [-0.4, -0.2) is 25.9 Å². The maximum absolute atomic E-state index is 13.0. The van der Waals surface area contributed by atoms with Gasteiger partial charge in [0, 0.05) is 29.1 Å². The Morgan fingerprint density at radius 1 is 0.833 bits per heavy atom. The van der Waals surface area contributed by atoms with E-state index in [2.05, 4.69) is 20.2 Å². The van der Waals surface area contributed by atoms with Gasteiger partial charge in [-0.05, 0) is 17.7 Å².